The van der Waals surface area contributed by atoms with E-state index in [1.54, 1.807) is 0 Å². The van der Waals surface area contributed by atoms with E-state index in [2.05, 4.69) is 20.0 Å². The van der Waals surface area contributed by atoms with Gasteiger partial charge in [0.15, 0.2) is 0 Å². The molecule has 3 aromatic rings. The third-order valence-electron chi connectivity index (χ3n) is 3.96. The van der Waals surface area contributed by atoms with Crippen molar-refractivity contribution in [2.75, 3.05) is 11.6 Å². The molecule has 0 unspecified atom stereocenters. The van der Waals surface area contributed by atoms with Gasteiger partial charge < -0.3 is 10.1 Å². The van der Waals surface area contributed by atoms with Gasteiger partial charge in [-0.15, -0.1) is 0 Å². The van der Waals surface area contributed by atoms with E-state index in [0.717, 1.165) is 34.5 Å². The Morgan fingerprint density at radius 2 is 1.76 bits per heavy atom. The maximum Gasteiger partial charge on any atom is 0.209 e. The fraction of sp³-hybridized carbons (Fsp3) is 0.238. The van der Waals surface area contributed by atoms with Gasteiger partial charge in [0, 0.05) is 23.9 Å². The van der Waals surface area contributed by atoms with Crippen LogP contribution in [-0.4, -0.2) is 30.7 Å². The fourth-order valence-electron chi connectivity index (χ4n) is 2.68. The molecule has 0 bridgehead atoms. The van der Waals surface area contributed by atoms with E-state index in [4.69, 9.17) is 4.74 Å². The van der Waals surface area contributed by atoms with Gasteiger partial charge in [-0.3, -0.25) is 0 Å². The van der Waals surface area contributed by atoms with Crippen molar-refractivity contribution in [3.05, 3.63) is 66.5 Å². The van der Waals surface area contributed by atoms with Gasteiger partial charge in [-0.25, -0.2) is 23.1 Å². The van der Waals surface area contributed by atoms with Crippen LogP contribution in [0.4, 0.5) is 11.5 Å². The third kappa shape index (κ3) is 6.27. The molecule has 0 atom stereocenters. The molecule has 0 spiro atoms. The van der Waals surface area contributed by atoms with Crippen LogP contribution in [0.15, 0.2) is 60.9 Å². The summed E-state index contributed by atoms with van der Waals surface area (Å²) >= 11 is 0. The summed E-state index contributed by atoms with van der Waals surface area (Å²) < 4.78 is 30.8. The van der Waals surface area contributed by atoms with Crippen LogP contribution in [0.25, 0.3) is 11.3 Å². The SMILES string of the molecule is CC(C)Oc1ccccc1-c1cc(Nc2ccc(CNS(C)(=O)=O)cc2)ncn1. The molecule has 0 aliphatic carbocycles. The van der Waals surface area contributed by atoms with Gasteiger partial charge >= 0.3 is 0 Å². The summed E-state index contributed by atoms with van der Waals surface area (Å²) in [5.41, 5.74) is 3.36. The molecule has 0 fully saturated rings. The number of anilines is 2. The summed E-state index contributed by atoms with van der Waals surface area (Å²) in [6.07, 6.45) is 2.71. The predicted molar refractivity (Wildman–Crippen MR) is 115 cm³/mol. The smallest absolute Gasteiger partial charge is 0.209 e. The molecule has 7 nitrogen and oxygen atoms in total. The van der Waals surface area contributed by atoms with E-state index in [0.29, 0.717) is 5.82 Å². The Bertz CT molecular complexity index is 1070. The molecule has 2 aromatic carbocycles. The number of ether oxygens (including phenoxy) is 1. The highest BCUT2D eigenvalue weighted by Gasteiger charge is 2.10. The molecule has 1 heterocycles. The maximum atomic E-state index is 11.2. The Labute approximate surface area is 171 Å². The molecule has 3 rings (SSSR count). The Morgan fingerprint density at radius 1 is 1.03 bits per heavy atom. The molecular weight excluding hydrogens is 388 g/mol. The van der Waals surface area contributed by atoms with Gasteiger partial charge in [-0.2, -0.15) is 0 Å². The topological polar surface area (TPSA) is 93.2 Å². The Hall–Kier alpha value is -2.97. The number of nitrogens with zero attached hydrogens (tertiary/aromatic N) is 2. The van der Waals surface area contributed by atoms with Crippen molar-refractivity contribution >= 4 is 21.5 Å². The molecule has 1 aromatic heterocycles. The minimum atomic E-state index is -3.22. The van der Waals surface area contributed by atoms with E-state index in [1.165, 1.54) is 6.33 Å². The van der Waals surface area contributed by atoms with Crippen LogP contribution in [-0.2, 0) is 16.6 Å². The molecule has 0 aliphatic heterocycles. The van der Waals surface area contributed by atoms with Gasteiger partial charge in [-0.05, 0) is 43.7 Å². The molecular formula is C21H24N4O3S. The van der Waals surface area contributed by atoms with Crippen LogP contribution < -0.4 is 14.8 Å². The maximum absolute atomic E-state index is 11.2. The first-order chi connectivity index (χ1) is 13.8. The zero-order valence-corrected chi connectivity index (χ0v) is 17.4. The number of para-hydroxylation sites is 1. The first-order valence-electron chi connectivity index (χ1n) is 9.19. The highest BCUT2D eigenvalue weighted by atomic mass is 32.2. The lowest BCUT2D eigenvalue weighted by Gasteiger charge is -2.14. The predicted octanol–water partition coefficient (Wildman–Crippen LogP) is 3.72. The first-order valence-corrected chi connectivity index (χ1v) is 11.1. The van der Waals surface area contributed by atoms with Gasteiger partial charge in [0.25, 0.3) is 0 Å². The van der Waals surface area contributed by atoms with Crippen LogP contribution in [0.2, 0.25) is 0 Å². The third-order valence-corrected chi connectivity index (χ3v) is 4.63. The summed E-state index contributed by atoms with van der Waals surface area (Å²) in [5, 5.41) is 3.24. The lowest BCUT2D eigenvalue weighted by Crippen LogP contribution is -2.21. The van der Waals surface area contributed by atoms with Crippen molar-refractivity contribution in [1.29, 1.82) is 0 Å². The van der Waals surface area contributed by atoms with Gasteiger partial charge in [0.2, 0.25) is 10.0 Å². The molecule has 0 saturated carbocycles. The van der Waals surface area contributed by atoms with Crippen molar-refractivity contribution in [3.8, 4) is 17.0 Å². The van der Waals surface area contributed by atoms with E-state index >= 15 is 0 Å². The van der Waals surface area contributed by atoms with Gasteiger partial charge in [0.05, 0.1) is 18.1 Å². The number of hydrogen-bond acceptors (Lipinski definition) is 6. The van der Waals surface area contributed by atoms with Gasteiger partial charge in [0.1, 0.15) is 17.9 Å². The summed E-state index contributed by atoms with van der Waals surface area (Å²) in [4.78, 5) is 8.67. The molecule has 0 aliphatic rings. The minimum absolute atomic E-state index is 0.0614. The normalized spacial score (nSPS) is 11.4. The number of nitrogens with one attached hydrogen (secondary N) is 2. The average molecular weight is 413 g/mol. The van der Waals surface area contributed by atoms with Crippen LogP contribution in [0, 0.1) is 0 Å². The average Bonchev–Trinajstić information content (AvgIpc) is 2.67. The lowest BCUT2D eigenvalue weighted by molar-refractivity contribution is 0.243. The molecule has 0 saturated heterocycles. The second-order valence-electron chi connectivity index (χ2n) is 6.87. The highest BCUT2D eigenvalue weighted by molar-refractivity contribution is 7.88. The number of aromatic nitrogens is 2. The molecule has 2 N–H and O–H groups in total. The largest absolute Gasteiger partial charge is 0.490 e. The van der Waals surface area contributed by atoms with Crippen LogP contribution in [0.1, 0.15) is 19.4 Å². The summed E-state index contributed by atoms with van der Waals surface area (Å²) in [6, 6.07) is 17.1. The molecule has 0 radical (unpaired) electrons. The van der Waals surface area contributed by atoms with Gasteiger partial charge in [-0.1, -0.05) is 24.3 Å². The van der Waals surface area contributed by atoms with Crippen molar-refractivity contribution < 1.29 is 13.2 Å². The van der Waals surface area contributed by atoms with E-state index in [-0.39, 0.29) is 12.6 Å². The Balaban J connectivity index is 1.76. The first kappa shape index (κ1) is 20.8. The molecule has 152 valence electrons. The molecule has 0 amide bonds. The van der Waals surface area contributed by atoms with Crippen LogP contribution in [0.3, 0.4) is 0 Å². The van der Waals surface area contributed by atoms with E-state index in [1.807, 2.05) is 68.4 Å². The number of hydrogen-bond donors (Lipinski definition) is 2. The van der Waals surface area contributed by atoms with Crippen molar-refractivity contribution in [2.24, 2.45) is 0 Å². The number of benzene rings is 2. The van der Waals surface area contributed by atoms with Crippen molar-refractivity contribution in [3.63, 3.8) is 0 Å². The summed E-state index contributed by atoms with van der Waals surface area (Å²) in [7, 11) is -3.22. The lowest BCUT2D eigenvalue weighted by atomic mass is 10.1. The quantitative estimate of drug-likeness (QED) is 0.586. The number of rotatable bonds is 8. The zero-order chi connectivity index (χ0) is 20.9. The summed E-state index contributed by atoms with van der Waals surface area (Å²) in [5.74, 6) is 1.42. The monoisotopic (exact) mass is 412 g/mol. The Kier molecular flexibility index (Phi) is 6.46. The van der Waals surface area contributed by atoms with Crippen LogP contribution in [0.5, 0.6) is 5.75 Å². The Morgan fingerprint density at radius 3 is 2.45 bits per heavy atom. The highest BCUT2D eigenvalue weighted by Crippen LogP contribution is 2.30. The van der Waals surface area contributed by atoms with Crippen molar-refractivity contribution in [1.82, 2.24) is 14.7 Å². The number of sulfonamides is 1. The summed E-state index contributed by atoms with van der Waals surface area (Å²) in [6.45, 7) is 4.22. The van der Waals surface area contributed by atoms with E-state index in [9.17, 15) is 8.42 Å². The second-order valence-corrected chi connectivity index (χ2v) is 8.70. The molecule has 29 heavy (non-hydrogen) atoms. The second kappa shape index (κ2) is 9.02. The van der Waals surface area contributed by atoms with Crippen molar-refractivity contribution in [2.45, 2.75) is 26.5 Å². The fourth-order valence-corrected chi connectivity index (χ4v) is 3.11. The zero-order valence-electron chi connectivity index (χ0n) is 16.6. The minimum Gasteiger partial charge on any atom is -0.490 e. The molecule has 8 heteroatoms. The van der Waals surface area contributed by atoms with Crippen LogP contribution >= 0.6 is 0 Å². The standard InChI is InChI=1S/C21H24N4O3S/c1-15(2)28-20-7-5-4-6-18(20)19-12-21(23-14-22-19)25-17-10-8-16(9-11-17)13-24-29(3,26)27/h4-12,14-15,24H,13H2,1-3H3,(H,22,23,25). The van der Waals surface area contributed by atoms with E-state index < -0.39 is 10.0 Å².